The maximum absolute atomic E-state index is 12.9. The van der Waals surface area contributed by atoms with Crippen molar-refractivity contribution >= 4 is 29.1 Å². The highest BCUT2D eigenvalue weighted by Gasteiger charge is 2.33. The SMILES string of the molecule is Cc1c(CN2CCN(C(=O)C3CCCC3)[C@@H](C)C2)cc(Cl)cc1NC(=O)[C@H]1CCCN1. The Morgan fingerprint density at radius 1 is 1.16 bits per heavy atom. The first-order valence-electron chi connectivity index (χ1n) is 11.8. The molecular weight excluding hydrogens is 412 g/mol. The molecule has 1 aromatic carbocycles. The Balaban J connectivity index is 1.39. The number of rotatable bonds is 5. The van der Waals surface area contributed by atoms with Crippen LogP contribution in [0.1, 0.15) is 56.6 Å². The van der Waals surface area contributed by atoms with Crippen LogP contribution in [0.2, 0.25) is 5.02 Å². The lowest BCUT2D eigenvalue weighted by atomic mass is 10.0. The molecule has 0 unspecified atom stereocenters. The van der Waals surface area contributed by atoms with Crippen LogP contribution in [0.25, 0.3) is 0 Å². The number of hydrogen-bond donors (Lipinski definition) is 2. The summed E-state index contributed by atoms with van der Waals surface area (Å²) in [5, 5.41) is 6.96. The van der Waals surface area contributed by atoms with Gasteiger partial charge in [0.05, 0.1) is 6.04 Å². The molecule has 2 heterocycles. The van der Waals surface area contributed by atoms with E-state index in [-0.39, 0.29) is 23.9 Å². The second kappa shape index (κ2) is 9.88. The fraction of sp³-hybridized carbons (Fsp3) is 0.667. The number of carbonyl (C=O) groups is 2. The van der Waals surface area contributed by atoms with Gasteiger partial charge in [-0.15, -0.1) is 0 Å². The zero-order valence-electron chi connectivity index (χ0n) is 18.8. The first kappa shape index (κ1) is 22.6. The summed E-state index contributed by atoms with van der Waals surface area (Å²) >= 11 is 6.41. The molecule has 2 saturated heterocycles. The van der Waals surface area contributed by atoms with Gasteiger partial charge in [0.2, 0.25) is 11.8 Å². The van der Waals surface area contributed by atoms with E-state index in [0.29, 0.717) is 10.9 Å². The molecule has 0 spiro atoms. The minimum atomic E-state index is -0.117. The van der Waals surface area contributed by atoms with Gasteiger partial charge in [-0.05, 0) is 69.3 Å². The van der Waals surface area contributed by atoms with Gasteiger partial charge in [-0.2, -0.15) is 0 Å². The molecule has 0 aromatic heterocycles. The molecule has 31 heavy (non-hydrogen) atoms. The fourth-order valence-electron chi connectivity index (χ4n) is 5.31. The molecule has 2 amide bonds. The zero-order chi connectivity index (χ0) is 22.0. The third-order valence-corrected chi connectivity index (χ3v) is 7.43. The lowest BCUT2D eigenvalue weighted by molar-refractivity contribution is -0.140. The highest BCUT2D eigenvalue weighted by molar-refractivity contribution is 6.31. The van der Waals surface area contributed by atoms with Gasteiger partial charge in [0, 0.05) is 48.8 Å². The molecule has 2 atom stereocenters. The van der Waals surface area contributed by atoms with E-state index in [0.717, 1.165) is 75.2 Å². The number of nitrogens with one attached hydrogen (secondary N) is 2. The molecule has 0 bridgehead atoms. The quantitative estimate of drug-likeness (QED) is 0.725. The van der Waals surface area contributed by atoms with Gasteiger partial charge in [0.1, 0.15) is 0 Å². The lowest BCUT2D eigenvalue weighted by Crippen LogP contribution is -2.54. The summed E-state index contributed by atoms with van der Waals surface area (Å²) in [6, 6.07) is 3.94. The Hall–Kier alpha value is -1.63. The summed E-state index contributed by atoms with van der Waals surface area (Å²) in [5.74, 6) is 0.611. The molecular formula is C24H35ClN4O2. The van der Waals surface area contributed by atoms with Crippen LogP contribution in [0.3, 0.4) is 0 Å². The number of piperazine rings is 1. The molecule has 7 heteroatoms. The van der Waals surface area contributed by atoms with Crippen molar-refractivity contribution in [1.29, 1.82) is 0 Å². The predicted octanol–water partition coefficient (Wildman–Crippen LogP) is 3.56. The summed E-state index contributed by atoms with van der Waals surface area (Å²) < 4.78 is 0. The van der Waals surface area contributed by atoms with E-state index < -0.39 is 0 Å². The highest BCUT2D eigenvalue weighted by atomic mass is 35.5. The van der Waals surface area contributed by atoms with Crippen molar-refractivity contribution in [1.82, 2.24) is 15.1 Å². The lowest BCUT2D eigenvalue weighted by Gasteiger charge is -2.41. The van der Waals surface area contributed by atoms with Crippen LogP contribution in [-0.4, -0.2) is 59.9 Å². The topological polar surface area (TPSA) is 64.7 Å². The number of carbonyl (C=O) groups excluding carboxylic acids is 2. The van der Waals surface area contributed by atoms with Crippen LogP contribution in [0.15, 0.2) is 12.1 Å². The summed E-state index contributed by atoms with van der Waals surface area (Å²) in [5.41, 5.74) is 2.99. The molecule has 170 valence electrons. The first-order valence-corrected chi connectivity index (χ1v) is 12.2. The molecule has 3 aliphatic rings. The molecule has 1 saturated carbocycles. The maximum Gasteiger partial charge on any atom is 0.241 e. The van der Waals surface area contributed by atoms with E-state index in [1.54, 1.807) is 0 Å². The summed E-state index contributed by atoms with van der Waals surface area (Å²) in [6.45, 7) is 8.38. The van der Waals surface area contributed by atoms with Crippen molar-refractivity contribution in [2.45, 2.75) is 71.0 Å². The number of nitrogens with zero attached hydrogens (tertiary/aromatic N) is 2. The van der Waals surface area contributed by atoms with Crippen molar-refractivity contribution in [3.8, 4) is 0 Å². The average Bonchev–Trinajstić information content (AvgIpc) is 3.45. The van der Waals surface area contributed by atoms with E-state index in [9.17, 15) is 9.59 Å². The van der Waals surface area contributed by atoms with Gasteiger partial charge in [0.15, 0.2) is 0 Å². The summed E-state index contributed by atoms with van der Waals surface area (Å²) in [7, 11) is 0. The Morgan fingerprint density at radius 3 is 2.61 bits per heavy atom. The molecule has 4 rings (SSSR count). The Bertz CT molecular complexity index is 818. The van der Waals surface area contributed by atoms with Crippen LogP contribution in [-0.2, 0) is 16.1 Å². The van der Waals surface area contributed by atoms with Gasteiger partial charge in [-0.1, -0.05) is 24.4 Å². The molecule has 1 aliphatic carbocycles. The van der Waals surface area contributed by atoms with E-state index in [2.05, 4.69) is 27.4 Å². The smallest absolute Gasteiger partial charge is 0.241 e. The van der Waals surface area contributed by atoms with Crippen LogP contribution < -0.4 is 10.6 Å². The molecule has 2 aliphatic heterocycles. The number of hydrogen-bond acceptors (Lipinski definition) is 4. The van der Waals surface area contributed by atoms with Gasteiger partial charge < -0.3 is 15.5 Å². The minimum Gasteiger partial charge on any atom is -0.337 e. The normalized spacial score (nSPS) is 25.2. The van der Waals surface area contributed by atoms with Gasteiger partial charge in [-0.3, -0.25) is 14.5 Å². The highest BCUT2D eigenvalue weighted by Crippen LogP contribution is 2.30. The van der Waals surface area contributed by atoms with Gasteiger partial charge in [-0.25, -0.2) is 0 Å². The molecule has 2 N–H and O–H groups in total. The van der Waals surface area contributed by atoms with Gasteiger partial charge >= 0.3 is 0 Å². The third kappa shape index (κ3) is 5.24. The average molecular weight is 447 g/mol. The molecule has 1 aromatic rings. The second-order valence-electron chi connectivity index (χ2n) is 9.47. The Morgan fingerprint density at radius 2 is 1.94 bits per heavy atom. The van der Waals surface area contributed by atoms with E-state index in [1.807, 2.05) is 19.1 Å². The van der Waals surface area contributed by atoms with E-state index in [4.69, 9.17) is 11.6 Å². The number of amides is 2. The van der Waals surface area contributed by atoms with E-state index in [1.165, 1.54) is 12.8 Å². The first-order chi connectivity index (χ1) is 14.9. The zero-order valence-corrected chi connectivity index (χ0v) is 19.5. The molecule has 0 radical (unpaired) electrons. The standard InChI is InChI=1S/C24H35ClN4O2/c1-16-14-28(10-11-29(16)24(31)18-6-3-4-7-18)15-19-12-20(25)13-22(17(19)2)27-23(30)21-8-5-9-26-21/h12-13,16,18,21,26H,3-11,14-15H2,1-2H3,(H,27,30)/t16-,21+/m0/s1. The monoisotopic (exact) mass is 446 g/mol. The largest absolute Gasteiger partial charge is 0.337 e. The minimum absolute atomic E-state index is 0.0153. The van der Waals surface area contributed by atoms with E-state index >= 15 is 0 Å². The van der Waals surface area contributed by atoms with Crippen molar-refractivity contribution in [2.75, 3.05) is 31.5 Å². The summed E-state index contributed by atoms with van der Waals surface area (Å²) in [6.07, 6.45) is 6.39. The van der Waals surface area contributed by atoms with Crippen LogP contribution in [0.5, 0.6) is 0 Å². The van der Waals surface area contributed by atoms with Gasteiger partial charge in [0.25, 0.3) is 0 Å². The van der Waals surface area contributed by atoms with Crippen molar-refractivity contribution < 1.29 is 9.59 Å². The third-order valence-electron chi connectivity index (χ3n) is 7.21. The van der Waals surface area contributed by atoms with Crippen LogP contribution in [0.4, 0.5) is 5.69 Å². The van der Waals surface area contributed by atoms with Crippen molar-refractivity contribution in [3.05, 3.63) is 28.3 Å². The van der Waals surface area contributed by atoms with Crippen molar-refractivity contribution in [2.24, 2.45) is 5.92 Å². The number of anilines is 1. The second-order valence-corrected chi connectivity index (χ2v) is 9.91. The Kier molecular flexibility index (Phi) is 7.19. The predicted molar refractivity (Wildman–Crippen MR) is 124 cm³/mol. The van der Waals surface area contributed by atoms with Crippen LogP contribution in [0, 0.1) is 12.8 Å². The Labute approximate surface area is 190 Å². The number of halogens is 1. The van der Waals surface area contributed by atoms with Crippen LogP contribution >= 0.6 is 11.6 Å². The molecule has 6 nitrogen and oxygen atoms in total. The number of benzene rings is 1. The van der Waals surface area contributed by atoms with Crippen molar-refractivity contribution in [3.63, 3.8) is 0 Å². The fourth-order valence-corrected chi connectivity index (χ4v) is 5.55. The maximum atomic E-state index is 12.9. The summed E-state index contributed by atoms with van der Waals surface area (Å²) in [4.78, 5) is 29.9. The molecule has 3 fully saturated rings.